The normalized spacial score (nSPS) is 13.6. The van der Waals surface area contributed by atoms with Crippen molar-refractivity contribution in [3.8, 4) is 0 Å². The first kappa shape index (κ1) is 17.1. The van der Waals surface area contributed by atoms with Gasteiger partial charge in [0, 0.05) is 29.2 Å². The molecule has 2 aromatic rings. The van der Waals surface area contributed by atoms with E-state index in [-0.39, 0.29) is 5.69 Å². The van der Waals surface area contributed by atoms with Crippen LogP contribution in [0.4, 0.5) is 14.5 Å². The molecule has 1 heterocycles. The molecule has 0 aliphatic heterocycles. The predicted octanol–water partition coefficient (Wildman–Crippen LogP) is 3.51. The van der Waals surface area contributed by atoms with Gasteiger partial charge in [-0.2, -0.15) is 0 Å². The molecule has 0 saturated heterocycles. The van der Waals surface area contributed by atoms with Gasteiger partial charge in [-0.3, -0.25) is 4.79 Å². The van der Waals surface area contributed by atoms with Gasteiger partial charge >= 0.3 is 5.97 Å². The Morgan fingerprint density at radius 2 is 1.92 bits per heavy atom. The highest BCUT2D eigenvalue weighted by molar-refractivity contribution is 5.96. The van der Waals surface area contributed by atoms with Gasteiger partial charge in [-0.05, 0) is 44.9 Å². The summed E-state index contributed by atoms with van der Waals surface area (Å²) in [6.45, 7) is 3.27. The van der Waals surface area contributed by atoms with Crippen molar-refractivity contribution in [3.63, 3.8) is 0 Å². The number of esters is 1. The van der Waals surface area contributed by atoms with E-state index in [0.717, 1.165) is 36.4 Å². The van der Waals surface area contributed by atoms with Crippen LogP contribution in [0.1, 0.15) is 40.6 Å². The third kappa shape index (κ3) is 3.70. The lowest BCUT2D eigenvalue weighted by Gasteiger charge is -2.08. The number of benzene rings is 1. The lowest BCUT2D eigenvalue weighted by molar-refractivity contribution is -0.119. The number of hydrogen-bond donors (Lipinski definition) is 1. The number of anilines is 1. The summed E-state index contributed by atoms with van der Waals surface area (Å²) in [5.74, 6) is -3.28. The van der Waals surface area contributed by atoms with Crippen LogP contribution < -0.4 is 5.32 Å². The van der Waals surface area contributed by atoms with Gasteiger partial charge in [0.15, 0.2) is 18.2 Å². The van der Waals surface area contributed by atoms with E-state index in [2.05, 4.69) is 9.88 Å². The first-order valence-electron chi connectivity index (χ1n) is 7.97. The zero-order chi connectivity index (χ0) is 18.1. The fourth-order valence-corrected chi connectivity index (χ4v) is 2.86. The van der Waals surface area contributed by atoms with E-state index in [4.69, 9.17) is 4.74 Å². The number of nitrogens with one attached hydrogen (secondary N) is 1. The number of rotatable bonds is 5. The quantitative estimate of drug-likeness (QED) is 0.841. The fraction of sp³-hybridized carbons (Fsp3) is 0.333. The maximum Gasteiger partial charge on any atom is 0.340 e. The molecule has 0 bridgehead atoms. The number of amides is 1. The van der Waals surface area contributed by atoms with Gasteiger partial charge in [0.25, 0.3) is 5.91 Å². The van der Waals surface area contributed by atoms with E-state index in [9.17, 15) is 18.4 Å². The summed E-state index contributed by atoms with van der Waals surface area (Å²) in [6.07, 6.45) is 2.20. The zero-order valence-electron chi connectivity index (χ0n) is 13.9. The second-order valence-electron chi connectivity index (χ2n) is 6.14. The Hall–Kier alpha value is -2.70. The summed E-state index contributed by atoms with van der Waals surface area (Å²) < 4.78 is 33.1. The smallest absolute Gasteiger partial charge is 0.340 e. The van der Waals surface area contributed by atoms with Crippen molar-refractivity contribution < 1.29 is 23.1 Å². The van der Waals surface area contributed by atoms with Gasteiger partial charge in [0.1, 0.15) is 0 Å². The zero-order valence-corrected chi connectivity index (χ0v) is 13.9. The minimum absolute atomic E-state index is 0.0897. The molecule has 1 aliphatic rings. The van der Waals surface area contributed by atoms with E-state index in [0.29, 0.717) is 11.6 Å². The third-order valence-electron chi connectivity index (χ3n) is 4.15. The average molecular weight is 348 g/mol. The van der Waals surface area contributed by atoms with Crippen molar-refractivity contribution in [1.29, 1.82) is 0 Å². The number of hydrogen-bond acceptors (Lipinski definition) is 3. The lowest BCUT2D eigenvalue weighted by Crippen LogP contribution is -2.21. The second kappa shape index (κ2) is 6.66. The van der Waals surface area contributed by atoms with Crippen molar-refractivity contribution in [2.75, 3.05) is 11.9 Å². The molecule has 7 heteroatoms. The van der Waals surface area contributed by atoms with E-state index in [1.165, 1.54) is 6.07 Å². The van der Waals surface area contributed by atoms with Crippen molar-refractivity contribution >= 4 is 17.6 Å². The third-order valence-corrected chi connectivity index (χ3v) is 4.15. The number of aryl methyl sites for hydroxylation is 1. The molecule has 1 aliphatic carbocycles. The minimum atomic E-state index is -1.07. The van der Waals surface area contributed by atoms with E-state index in [1.54, 1.807) is 6.07 Å². The summed E-state index contributed by atoms with van der Waals surface area (Å²) >= 11 is 0. The predicted molar refractivity (Wildman–Crippen MR) is 87.4 cm³/mol. The number of carbonyl (C=O) groups excluding carboxylic acids is 2. The molecular weight excluding hydrogens is 330 g/mol. The summed E-state index contributed by atoms with van der Waals surface area (Å²) in [5, 5.41) is 2.35. The number of ether oxygens (including phenoxy) is 1. The number of halogens is 2. The minimum Gasteiger partial charge on any atom is -0.452 e. The standard InChI is InChI=1S/C18H18F2N2O3/c1-10-7-14(11(2)22(10)13-4-5-13)18(24)25-9-17(23)21-12-3-6-15(19)16(20)8-12/h3,6-8,13H,4-5,9H2,1-2H3,(H,21,23). The van der Waals surface area contributed by atoms with Crippen LogP contribution >= 0.6 is 0 Å². The Kier molecular flexibility index (Phi) is 4.57. The highest BCUT2D eigenvalue weighted by atomic mass is 19.2. The fourth-order valence-electron chi connectivity index (χ4n) is 2.86. The molecule has 3 rings (SSSR count). The van der Waals surface area contributed by atoms with Crippen LogP contribution in [0.25, 0.3) is 0 Å². The van der Waals surface area contributed by atoms with Crippen LogP contribution in [-0.4, -0.2) is 23.1 Å². The molecule has 1 fully saturated rings. The molecule has 0 radical (unpaired) electrons. The molecule has 1 aromatic heterocycles. The topological polar surface area (TPSA) is 60.3 Å². The lowest BCUT2D eigenvalue weighted by atomic mass is 10.2. The van der Waals surface area contributed by atoms with Crippen LogP contribution in [0, 0.1) is 25.5 Å². The van der Waals surface area contributed by atoms with Crippen molar-refractivity contribution in [1.82, 2.24) is 4.57 Å². The second-order valence-corrected chi connectivity index (χ2v) is 6.14. The number of aromatic nitrogens is 1. The monoisotopic (exact) mass is 348 g/mol. The summed E-state index contributed by atoms with van der Waals surface area (Å²) in [7, 11) is 0. The first-order valence-corrected chi connectivity index (χ1v) is 7.97. The van der Waals surface area contributed by atoms with Crippen molar-refractivity contribution in [2.24, 2.45) is 0 Å². The van der Waals surface area contributed by atoms with Crippen molar-refractivity contribution in [3.05, 3.63) is 52.9 Å². The molecule has 0 spiro atoms. The highest BCUT2D eigenvalue weighted by Crippen LogP contribution is 2.38. The molecule has 1 amide bonds. The molecule has 25 heavy (non-hydrogen) atoms. The Balaban J connectivity index is 1.59. The summed E-state index contributed by atoms with van der Waals surface area (Å²) in [6, 6.07) is 5.19. The Morgan fingerprint density at radius 1 is 1.20 bits per heavy atom. The van der Waals surface area contributed by atoms with Gasteiger partial charge < -0.3 is 14.6 Å². The molecule has 0 unspecified atom stereocenters. The molecule has 1 aromatic carbocycles. The maximum absolute atomic E-state index is 13.1. The van der Waals surface area contributed by atoms with Gasteiger partial charge in [0.05, 0.1) is 5.56 Å². The highest BCUT2D eigenvalue weighted by Gasteiger charge is 2.28. The van der Waals surface area contributed by atoms with Crippen LogP contribution in [0.15, 0.2) is 24.3 Å². The molecule has 1 saturated carbocycles. The molecule has 5 nitrogen and oxygen atoms in total. The molecular formula is C18H18F2N2O3. The average Bonchev–Trinajstić information content (AvgIpc) is 3.34. The Bertz CT molecular complexity index is 841. The van der Waals surface area contributed by atoms with E-state index in [1.807, 2.05) is 13.8 Å². The van der Waals surface area contributed by atoms with E-state index >= 15 is 0 Å². The van der Waals surface area contributed by atoms with Gasteiger partial charge in [-0.15, -0.1) is 0 Å². The Morgan fingerprint density at radius 3 is 2.56 bits per heavy atom. The molecule has 132 valence electrons. The van der Waals surface area contributed by atoms with Gasteiger partial charge in [0.2, 0.25) is 0 Å². The van der Waals surface area contributed by atoms with E-state index < -0.39 is 30.1 Å². The first-order chi connectivity index (χ1) is 11.9. The summed E-state index contributed by atoms with van der Waals surface area (Å²) in [4.78, 5) is 24.0. The van der Waals surface area contributed by atoms with Gasteiger partial charge in [-0.25, -0.2) is 13.6 Å². The van der Waals surface area contributed by atoms with Crippen LogP contribution in [0.3, 0.4) is 0 Å². The maximum atomic E-state index is 13.1. The molecule has 1 N–H and O–H groups in total. The van der Waals surface area contributed by atoms with Crippen LogP contribution in [-0.2, 0) is 9.53 Å². The van der Waals surface area contributed by atoms with Crippen molar-refractivity contribution in [2.45, 2.75) is 32.7 Å². The number of carbonyl (C=O) groups is 2. The molecule has 0 atom stereocenters. The van der Waals surface area contributed by atoms with Gasteiger partial charge in [-0.1, -0.05) is 0 Å². The number of nitrogens with zero attached hydrogens (tertiary/aromatic N) is 1. The van der Waals surface area contributed by atoms with Crippen LogP contribution in [0.5, 0.6) is 0 Å². The summed E-state index contributed by atoms with van der Waals surface area (Å²) in [5.41, 5.74) is 2.33. The SMILES string of the molecule is Cc1cc(C(=O)OCC(=O)Nc2ccc(F)c(F)c2)c(C)n1C1CC1. The Labute approximate surface area is 143 Å². The largest absolute Gasteiger partial charge is 0.452 e. The van der Waals surface area contributed by atoms with Crippen LogP contribution in [0.2, 0.25) is 0 Å².